The summed E-state index contributed by atoms with van der Waals surface area (Å²) in [7, 11) is 1.79. The fourth-order valence-electron chi connectivity index (χ4n) is 1.77. The van der Waals surface area contributed by atoms with Crippen LogP contribution in [0.1, 0.15) is 20.3 Å². The molecule has 1 aliphatic heterocycles. The molecule has 0 spiro atoms. The van der Waals surface area contributed by atoms with Gasteiger partial charge in [-0.2, -0.15) is 0 Å². The molecule has 0 aromatic rings. The molecule has 3 heteroatoms. The van der Waals surface area contributed by atoms with E-state index in [2.05, 4.69) is 24.1 Å². The number of ether oxygens (including phenoxy) is 1. The summed E-state index contributed by atoms with van der Waals surface area (Å²) in [6, 6.07) is 0.532. The fourth-order valence-corrected chi connectivity index (χ4v) is 1.77. The quantitative estimate of drug-likeness (QED) is 0.702. The van der Waals surface area contributed by atoms with Crippen LogP contribution in [-0.4, -0.2) is 50.3 Å². The number of nitrogens with zero attached hydrogens (tertiary/aromatic N) is 1. The van der Waals surface area contributed by atoms with Gasteiger partial charge in [0.1, 0.15) is 0 Å². The molecule has 1 saturated heterocycles. The zero-order valence-corrected chi connectivity index (χ0v) is 9.05. The molecule has 0 saturated carbocycles. The summed E-state index contributed by atoms with van der Waals surface area (Å²) in [6.45, 7) is 9.00. The van der Waals surface area contributed by atoms with Crippen molar-refractivity contribution in [2.45, 2.75) is 32.4 Å². The van der Waals surface area contributed by atoms with Crippen LogP contribution in [0, 0.1) is 0 Å². The summed E-state index contributed by atoms with van der Waals surface area (Å²) in [6.07, 6.45) is 1.58. The molecule has 0 aromatic carbocycles. The number of hydrogen-bond acceptors (Lipinski definition) is 3. The van der Waals surface area contributed by atoms with E-state index in [-0.39, 0.29) is 0 Å². The van der Waals surface area contributed by atoms with E-state index < -0.39 is 0 Å². The van der Waals surface area contributed by atoms with E-state index in [1.165, 1.54) is 13.0 Å². The van der Waals surface area contributed by atoms with E-state index in [1.807, 2.05) is 0 Å². The molecule has 0 amide bonds. The Labute approximate surface area is 81.4 Å². The SMILES string of the molecule is COC(C)C(C)N1CCCNCC1. The minimum absolute atomic E-state index is 0.332. The van der Waals surface area contributed by atoms with E-state index in [1.54, 1.807) is 7.11 Å². The van der Waals surface area contributed by atoms with E-state index in [9.17, 15) is 0 Å². The highest BCUT2D eigenvalue weighted by Gasteiger charge is 2.20. The predicted octanol–water partition coefficient (Wildman–Crippen LogP) is 0.705. The smallest absolute Gasteiger partial charge is 0.0695 e. The van der Waals surface area contributed by atoms with Crippen LogP contribution in [0.25, 0.3) is 0 Å². The second kappa shape index (κ2) is 5.58. The van der Waals surface area contributed by atoms with Gasteiger partial charge in [0.05, 0.1) is 6.10 Å². The highest BCUT2D eigenvalue weighted by molar-refractivity contribution is 4.75. The van der Waals surface area contributed by atoms with Crippen molar-refractivity contribution < 1.29 is 4.74 Å². The third-order valence-corrected chi connectivity index (χ3v) is 3.00. The van der Waals surface area contributed by atoms with Gasteiger partial charge in [0.15, 0.2) is 0 Å². The van der Waals surface area contributed by atoms with Gasteiger partial charge in [-0.1, -0.05) is 0 Å². The Morgan fingerprint density at radius 1 is 1.23 bits per heavy atom. The molecule has 1 aliphatic rings. The lowest BCUT2D eigenvalue weighted by Gasteiger charge is -2.31. The monoisotopic (exact) mass is 186 g/mol. The molecule has 13 heavy (non-hydrogen) atoms. The van der Waals surface area contributed by atoms with Crippen LogP contribution in [0.15, 0.2) is 0 Å². The molecule has 0 radical (unpaired) electrons. The standard InChI is InChI=1S/C10H22N2O/c1-9(10(2)13-3)12-7-4-5-11-6-8-12/h9-11H,4-8H2,1-3H3. The molecular formula is C10H22N2O. The van der Waals surface area contributed by atoms with Gasteiger partial charge in [-0.25, -0.2) is 0 Å². The molecule has 3 nitrogen and oxygen atoms in total. The van der Waals surface area contributed by atoms with Crippen LogP contribution >= 0.6 is 0 Å². The number of rotatable bonds is 3. The highest BCUT2D eigenvalue weighted by atomic mass is 16.5. The first kappa shape index (κ1) is 11.0. The zero-order chi connectivity index (χ0) is 9.68. The van der Waals surface area contributed by atoms with E-state index in [4.69, 9.17) is 4.74 Å². The van der Waals surface area contributed by atoms with Gasteiger partial charge in [-0.05, 0) is 33.4 Å². The predicted molar refractivity (Wildman–Crippen MR) is 55.0 cm³/mol. The number of methoxy groups -OCH3 is 1. The van der Waals surface area contributed by atoms with Crippen LogP contribution < -0.4 is 5.32 Å². The first-order chi connectivity index (χ1) is 6.25. The average Bonchev–Trinajstić information content (AvgIpc) is 2.43. The maximum absolute atomic E-state index is 5.34. The van der Waals surface area contributed by atoms with Crippen molar-refractivity contribution in [3.63, 3.8) is 0 Å². The largest absolute Gasteiger partial charge is 0.380 e. The van der Waals surface area contributed by atoms with Gasteiger partial charge >= 0.3 is 0 Å². The molecule has 1 heterocycles. The van der Waals surface area contributed by atoms with Crippen LogP contribution in [0.5, 0.6) is 0 Å². The molecular weight excluding hydrogens is 164 g/mol. The first-order valence-electron chi connectivity index (χ1n) is 5.23. The summed E-state index contributed by atoms with van der Waals surface area (Å²) in [4.78, 5) is 2.51. The Morgan fingerprint density at radius 2 is 2.00 bits per heavy atom. The van der Waals surface area contributed by atoms with Crippen LogP contribution in [0.4, 0.5) is 0 Å². The summed E-state index contributed by atoms with van der Waals surface area (Å²) >= 11 is 0. The molecule has 1 rings (SSSR count). The van der Waals surface area contributed by atoms with Crippen molar-refractivity contribution in [3.8, 4) is 0 Å². The highest BCUT2D eigenvalue weighted by Crippen LogP contribution is 2.08. The number of hydrogen-bond donors (Lipinski definition) is 1. The molecule has 2 unspecified atom stereocenters. The first-order valence-corrected chi connectivity index (χ1v) is 5.23. The van der Waals surface area contributed by atoms with E-state index >= 15 is 0 Å². The lowest BCUT2D eigenvalue weighted by molar-refractivity contribution is 0.0360. The maximum Gasteiger partial charge on any atom is 0.0695 e. The van der Waals surface area contributed by atoms with Gasteiger partial charge in [0.2, 0.25) is 0 Å². The molecule has 78 valence electrons. The normalized spacial score (nSPS) is 25.2. The minimum Gasteiger partial charge on any atom is -0.380 e. The molecule has 1 N–H and O–H groups in total. The van der Waals surface area contributed by atoms with E-state index in [0.29, 0.717) is 12.1 Å². The van der Waals surface area contributed by atoms with Crippen molar-refractivity contribution in [3.05, 3.63) is 0 Å². The zero-order valence-electron chi connectivity index (χ0n) is 9.05. The van der Waals surface area contributed by atoms with Crippen molar-refractivity contribution in [2.24, 2.45) is 0 Å². The molecule has 0 aromatic heterocycles. The van der Waals surface area contributed by atoms with Gasteiger partial charge in [-0.15, -0.1) is 0 Å². The Morgan fingerprint density at radius 3 is 2.69 bits per heavy atom. The molecule has 1 fully saturated rings. The van der Waals surface area contributed by atoms with Gasteiger partial charge in [-0.3, -0.25) is 4.90 Å². The van der Waals surface area contributed by atoms with Gasteiger partial charge in [0.25, 0.3) is 0 Å². The summed E-state index contributed by atoms with van der Waals surface area (Å²) in [5.74, 6) is 0. The molecule has 0 bridgehead atoms. The lowest BCUT2D eigenvalue weighted by Crippen LogP contribution is -2.42. The second-order valence-electron chi connectivity index (χ2n) is 3.82. The summed E-state index contributed by atoms with van der Waals surface area (Å²) < 4.78 is 5.34. The summed E-state index contributed by atoms with van der Waals surface area (Å²) in [5.41, 5.74) is 0. The third kappa shape index (κ3) is 3.25. The Kier molecular flexibility index (Phi) is 4.70. The van der Waals surface area contributed by atoms with Crippen molar-refractivity contribution in [2.75, 3.05) is 33.3 Å². The van der Waals surface area contributed by atoms with Crippen LogP contribution in [-0.2, 0) is 4.74 Å². The van der Waals surface area contributed by atoms with Crippen LogP contribution in [0.2, 0.25) is 0 Å². The Bertz CT molecular complexity index is 133. The van der Waals surface area contributed by atoms with Crippen molar-refractivity contribution in [1.29, 1.82) is 0 Å². The number of nitrogens with one attached hydrogen (secondary N) is 1. The van der Waals surface area contributed by atoms with Crippen molar-refractivity contribution >= 4 is 0 Å². The third-order valence-electron chi connectivity index (χ3n) is 3.00. The maximum atomic E-state index is 5.34. The average molecular weight is 186 g/mol. The van der Waals surface area contributed by atoms with Crippen LogP contribution in [0.3, 0.4) is 0 Å². The fraction of sp³-hybridized carbons (Fsp3) is 1.00. The second-order valence-corrected chi connectivity index (χ2v) is 3.82. The molecule has 2 atom stereocenters. The van der Waals surface area contributed by atoms with Gasteiger partial charge in [0, 0.05) is 26.2 Å². The van der Waals surface area contributed by atoms with Crippen molar-refractivity contribution in [1.82, 2.24) is 10.2 Å². The van der Waals surface area contributed by atoms with E-state index in [0.717, 1.165) is 19.6 Å². The summed E-state index contributed by atoms with van der Waals surface area (Å²) in [5, 5.41) is 3.41. The Hall–Kier alpha value is -0.120. The topological polar surface area (TPSA) is 24.5 Å². The van der Waals surface area contributed by atoms with Gasteiger partial charge < -0.3 is 10.1 Å². The Balaban J connectivity index is 2.38. The lowest BCUT2D eigenvalue weighted by atomic mass is 10.1. The minimum atomic E-state index is 0.332. The molecule has 0 aliphatic carbocycles.